The number of ketones is 1. The Balaban J connectivity index is 3.03. The van der Waals surface area contributed by atoms with E-state index < -0.39 is 24.0 Å². The van der Waals surface area contributed by atoms with Crippen LogP contribution in [0.4, 0.5) is 4.79 Å². The Morgan fingerprint density at radius 3 is 2.44 bits per heavy atom. The van der Waals surface area contributed by atoms with E-state index in [1.807, 2.05) is 6.08 Å². The molecule has 1 aliphatic rings. The first kappa shape index (κ1) is 14.2. The van der Waals surface area contributed by atoms with E-state index in [-0.39, 0.29) is 5.78 Å². The predicted molar refractivity (Wildman–Crippen MR) is 62.8 cm³/mol. The number of Topliss-reactive ketones (excluding diaryl/α,β-unsaturated/α-hetero) is 1. The van der Waals surface area contributed by atoms with Crippen LogP contribution < -0.4 is 0 Å². The van der Waals surface area contributed by atoms with Gasteiger partial charge in [-0.2, -0.15) is 0 Å². The molecule has 2 unspecified atom stereocenters. The van der Waals surface area contributed by atoms with Crippen LogP contribution in [0.25, 0.3) is 0 Å². The first-order valence-electron chi connectivity index (χ1n) is 5.62. The Morgan fingerprint density at radius 2 is 1.94 bits per heavy atom. The normalized spacial score (nSPS) is 20.2. The third-order valence-corrected chi connectivity index (χ3v) is 2.87. The van der Waals surface area contributed by atoms with Crippen LogP contribution in [0.5, 0.6) is 0 Å². The van der Waals surface area contributed by atoms with Crippen LogP contribution in [0.1, 0.15) is 13.3 Å². The maximum absolute atomic E-state index is 11.7. The van der Waals surface area contributed by atoms with Crippen LogP contribution in [-0.4, -0.2) is 49.6 Å². The lowest BCUT2D eigenvalue weighted by Crippen LogP contribution is -2.50. The van der Waals surface area contributed by atoms with E-state index >= 15 is 0 Å². The molecule has 0 aliphatic carbocycles. The van der Waals surface area contributed by atoms with E-state index in [9.17, 15) is 14.4 Å². The highest BCUT2D eigenvalue weighted by molar-refractivity contribution is 5.99. The number of hydrogen-bond acceptors (Lipinski definition) is 5. The standard InChI is InChI=1S/C12H17NO5/c1-8(14)10(11(15)17-2)9-6-4-5-7-13(9)12(16)18-3/h4,6,9-10H,5,7H2,1-3H3. The van der Waals surface area contributed by atoms with Crippen molar-refractivity contribution in [2.75, 3.05) is 20.8 Å². The number of carbonyl (C=O) groups is 3. The molecular formula is C12H17NO5. The van der Waals surface area contributed by atoms with Gasteiger partial charge in [0, 0.05) is 6.54 Å². The fourth-order valence-corrected chi connectivity index (χ4v) is 2.00. The van der Waals surface area contributed by atoms with Gasteiger partial charge in [0.05, 0.1) is 20.3 Å². The lowest BCUT2D eigenvalue weighted by molar-refractivity contribution is -0.150. The van der Waals surface area contributed by atoms with Gasteiger partial charge in [-0.3, -0.25) is 9.59 Å². The Bertz CT molecular complexity index is 377. The van der Waals surface area contributed by atoms with Gasteiger partial charge in [0.2, 0.25) is 0 Å². The van der Waals surface area contributed by atoms with Gasteiger partial charge in [-0.1, -0.05) is 12.2 Å². The van der Waals surface area contributed by atoms with Crippen molar-refractivity contribution in [2.24, 2.45) is 5.92 Å². The fraction of sp³-hybridized carbons (Fsp3) is 0.583. The minimum Gasteiger partial charge on any atom is -0.468 e. The molecule has 0 aromatic carbocycles. The molecule has 1 aliphatic heterocycles. The van der Waals surface area contributed by atoms with Crippen LogP contribution in [0.2, 0.25) is 0 Å². The highest BCUT2D eigenvalue weighted by atomic mass is 16.5. The molecule has 1 heterocycles. The van der Waals surface area contributed by atoms with Gasteiger partial charge in [-0.05, 0) is 13.3 Å². The van der Waals surface area contributed by atoms with Gasteiger partial charge >= 0.3 is 12.1 Å². The summed E-state index contributed by atoms with van der Waals surface area (Å²) in [4.78, 5) is 36.2. The van der Waals surface area contributed by atoms with Gasteiger partial charge < -0.3 is 14.4 Å². The van der Waals surface area contributed by atoms with Gasteiger partial charge in [0.15, 0.2) is 0 Å². The molecule has 0 bridgehead atoms. The largest absolute Gasteiger partial charge is 0.468 e. The van der Waals surface area contributed by atoms with Crippen LogP contribution in [0.15, 0.2) is 12.2 Å². The van der Waals surface area contributed by atoms with Crippen LogP contribution in [0.3, 0.4) is 0 Å². The molecule has 0 spiro atoms. The minimum absolute atomic E-state index is 0.340. The molecule has 0 aromatic heterocycles. The summed E-state index contributed by atoms with van der Waals surface area (Å²) in [7, 11) is 2.48. The summed E-state index contributed by atoms with van der Waals surface area (Å²) in [6.45, 7) is 1.72. The Morgan fingerprint density at radius 1 is 1.28 bits per heavy atom. The Kier molecular flexibility index (Phi) is 4.88. The molecule has 18 heavy (non-hydrogen) atoms. The number of hydrogen-bond donors (Lipinski definition) is 0. The first-order valence-corrected chi connectivity index (χ1v) is 5.62. The van der Waals surface area contributed by atoms with Gasteiger partial charge in [-0.15, -0.1) is 0 Å². The summed E-state index contributed by atoms with van der Waals surface area (Å²) in [5.74, 6) is -1.99. The topological polar surface area (TPSA) is 72.9 Å². The zero-order valence-electron chi connectivity index (χ0n) is 10.7. The smallest absolute Gasteiger partial charge is 0.410 e. The third kappa shape index (κ3) is 2.88. The molecule has 0 fully saturated rings. The minimum atomic E-state index is -1.01. The van der Waals surface area contributed by atoms with Crippen molar-refractivity contribution in [3.05, 3.63) is 12.2 Å². The third-order valence-electron chi connectivity index (χ3n) is 2.87. The van der Waals surface area contributed by atoms with Gasteiger partial charge in [0.1, 0.15) is 11.7 Å². The van der Waals surface area contributed by atoms with Gasteiger partial charge in [-0.25, -0.2) is 4.79 Å². The SMILES string of the molecule is COC(=O)C(C(C)=O)C1C=CCCN1C(=O)OC. The summed E-state index contributed by atoms with van der Waals surface area (Å²) in [6, 6.07) is -0.642. The number of rotatable bonds is 3. The average Bonchev–Trinajstić information content (AvgIpc) is 2.38. The Labute approximate surface area is 106 Å². The van der Waals surface area contributed by atoms with E-state index in [0.29, 0.717) is 13.0 Å². The number of carbonyl (C=O) groups excluding carboxylic acids is 3. The van der Waals surface area contributed by atoms with Crippen molar-refractivity contribution in [2.45, 2.75) is 19.4 Å². The Hall–Kier alpha value is -1.85. The van der Waals surface area contributed by atoms with E-state index in [0.717, 1.165) is 0 Å². The second kappa shape index (κ2) is 6.18. The van der Waals surface area contributed by atoms with Crippen molar-refractivity contribution in [3.8, 4) is 0 Å². The first-order chi connectivity index (χ1) is 8.52. The molecule has 0 aromatic rings. The summed E-state index contributed by atoms with van der Waals surface area (Å²) in [6.07, 6.45) is 3.61. The van der Waals surface area contributed by atoms with Crippen molar-refractivity contribution in [3.63, 3.8) is 0 Å². The predicted octanol–water partition coefficient (Wildman–Crippen LogP) is 0.762. The monoisotopic (exact) mass is 255 g/mol. The zero-order chi connectivity index (χ0) is 13.7. The van der Waals surface area contributed by atoms with E-state index in [2.05, 4.69) is 9.47 Å². The quantitative estimate of drug-likeness (QED) is 0.423. The molecule has 1 rings (SSSR count). The average molecular weight is 255 g/mol. The molecule has 1 amide bonds. The van der Waals surface area contributed by atoms with Crippen LogP contribution in [0, 0.1) is 5.92 Å². The molecule has 2 atom stereocenters. The van der Waals surface area contributed by atoms with Crippen LogP contribution in [-0.2, 0) is 19.1 Å². The number of methoxy groups -OCH3 is 2. The summed E-state index contributed by atoms with van der Waals surface area (Å²) >= 11 is 0. The van der Waals surface area contributed by atoms with E-state index in [1.165, 1.54) is 26.0 Å². The second-order valence-electron chi connectivity index (χ2n) is 3.98. The fourth-order valence-electron chi connectivity index (χ4n) is 2.00. The number of amides is 1. The second-order valence-corrected chi connectivity index (χ2v) is 3.98. The molecule has 0 radical (unpaired) electrons. The number of ether oxygens (including phenoxy) is 2. The molecule has 100 valence electrons. The molecule has 6 nitrogen and oxygen atoms in total. The highest BCUT2D eigenvalue weighted by Gasteiger charge is 2.38. The zero-order valence-corrected chi connectivity index (χ0v) is 10.7. The lowest BCUT2D eigenvalue weighted by Gasteiger charge is -2.34. The maximum atomic E-state index is 11.7. The van der Waals surface area contributed by atoms with E-state index in [4.69, 9.17) is 0 Å². The van der Waals surface area contributed by atoms with Gasteiger partial charge in [0.25, 0.3) is 0 Å². The molecule has 0 saturated heterocycles. The summed E-state index contributed by atoms with van der Waals surface area (Å²) in [5, 5.41) is 0. The molecule has 0 N–H and O–H groups in total. The van der Waals surface area contributed by atoms with Crippen molar-refractivity contribution < 1.29 is 23.9 Å². The molecule has 0 saturated carbocycles. The summed E-state index contributed by atoms with van der Waals surface area (Å²) < 4.78 is 9.27. The van der Waals surface area contributed by atoms with Crippen molar-refractivity contribution in [1.82, 2.24) is 4.90 Å². The maximum Gasteiger partial charge on any atom is 0.410 e. The molecule has 6 heteroatoms. The van der Waals surface area contributed by atoms with Crippen LogP contribution >= 0.6 is 0 Å². The van der Waals surface area contributed by atoms with Crippen molar-refractivity contribution in [1.29, 1.82) is 0 Å². The number of nitrogens with zero attached hydrogens (tertiary/aromatic N) is 1. The number of esters is 1. The van der Waals surface area contributed by atoms with E-state index in [1.54, 1.807) is 6.08 Å². The highest BCUT2D eigenvalue weighted by Crippen LogP contribution is 2.21. The molecular weight excluding hydrogens is 238 g/mol. The lowest BCUT2D eigenvalue weighted by atomic mass is 9.92. The summed E-state index contributed by atoms with van der Waals surface area (Å²) in [5.41, 5.74) is 0. The van der Waals surface area contributed by atoms with Crippen molar-refractivity contribution >= 4 is 17.8 Å².